The van der Waals surface area contributed by atoms with Gasteiger partial charge in [-0.05, 0) is 51.0 Å². The van der Waals surface area contributed by atoms with Crippen LogP contribution in [0.2, 0.25) is 0 Å². The van der Waals surface area contributed by atoms with Crippen molar-refractivity contribution >= 4 is 0 Å². The van der Waals surface area contributed by atoms with Crippen molar-refractivity contribution in [2.75, 3.05) is 6.61 Å². The second-order valence-electron chi connectivity index (χ2n) is 6.62. The van der Waals surface area contributed by atoms with Crippen LogP contribution in [0.3, 0.4) is 0 Å². The molecule has 4 heteroatoms. The molecule has 1 saturated carbocycles. The number of hydrogen-bond donors (Lipinski definition) is 1. The van der Waals surface area contributed by atoms with E-state index in [4.69, 9.17) is 10.5 Å². The minimum absolute atomic E-state index is 0.319. The lowest BCUT2D eigenvalue weighted by atomic mass is 9.70. The Morgan fingerprint density at radius 3 is 2.40 bits per heavy atom. The van der Waals surface area contributed by atoms with Gasteiger partial charge in [0.2, 0.25) is 0 Å². The summed E-state index contributed by atoms with van der Waals surface area (Å²) >= 11 is 0. The second-order valence-corrected chi connectivity index (χ2v) is 6.62. The molecule has 1 aliphatic carbocycles. The van der Waals surface area contributed by atoms with Gasteiger partial charge in [0.15, 0.2) is 5.82 Å². The van der Waals surface area contributed by atoms with Crippen molar-refractivity contribution in [2.45, 2.75) is 65.5 Å². The van der Waals surface area contributed by atoms with Crippen molar-refractivity contribution in [3.8, 4) is 0 Å². The van der Waals surface area contributed by atoms with Crippen LogP contribution < -0.4 is 5.73 Å². The van der Waals surface area contributed by atoms with Gasteiger partial charge in [-0.25, -0.2) is 9.97 Å². The van der Waals surface area contributed by atoms with E-state index in [1.807, 2.05) is 19.9 Å². The SMILES string of the molecule is CCOC1(c2nc(C)cc(CN)n2)CCC(C)(C)CC1. The number of rotatable bonds is 4. The highest BCUT2D eigenvalue weighted by Crippen LogP contribution is 2.46. The summed E-state index contributed by atoms with van der Waals surface area (Å²) in [6, 6.07) is 1.95. The van der Waals surface area contributed by atoms with Gasteiger partial charge in [0.1, 0.15) is 5.60 Å². The fraction of sp³-hybridized carbons (Fsp3) is 0.750. The topological polar surface area (TPSA) is 61.0 Å². The number of aryl methyl sites for hydroxylation is 1. The number of nitrogens with zero attached hydrogens (tertiary/aromatic N) is 2. The molecular weight excluding hydrogens is 250 g/mol. The Balaban J connectivity index is 2.36. The highest BCUT2D eigenvalue weighted by Gasteiger charge is 2.42. The first-order valence-corrected chi connectivity index (χ1v) is 7.60. The van der Waals surface area contributed by atoms with Crippen molar-refractivity contribution in [2.24, 2.45) is 11.1 Å². The Morgan fingerprint density at radius 2 is 1.85 bits per heavy atom. The first-order chi connectivity index (χ1) is 9.41. The summed E-state index contributed by atoms with van der Waals surface area (Å²) in [7, 11) is 0. The van der Waals surface area contributed by atoms with Gasteiger partial charge in [-0.15, -0.1) is 0 Å². The molecule has 1 aromatic heterocycles. The number of aromatic nitrogens is 2. The van der Waals surface area contributed by atoms with E-state index in [2.05, 4.69) is 23.8 Å². The Hall–Kier alpha value is -1.00. The van der Waals surface area contributed by atoms with Crippen molar-refractivity contribution in [1.82, 2.24) is 9.97 Å². The molecule has 0 spiro atoms. The molecule has 1 fully saturated rings. The van der Waals surface area contributed by atoms with Gasteiger partial charge in [0, 0.05) is 18.8 Å². The van der Waals surface area contributed by atoms with Crippen LogP contribution in [0.5, 0.6) is 0 Å². The molecule has 0 aliphatic heterocycles. The minimum Gasteiger partial charge on any atom is -0.367 e. The molecule has 112 valence electrons. The maximum Gasteiger partial charge on any atom is 0.160 e. The third kappa shape index (κ3) is 3.18. The molecule has 1 aromatic rings. The van der Waals surface area contributed by atoms with Crippen molar-refractivity contribution in [3.05, 3.63) is 23.3 Å². The molecule has 0 amide bonds. The van der Waals surface area contributed by atoms with E-state index in [1.54, 1.807) is 0 Å². The van der Waals surface area contributed by atoms with Gasteiger partial charge in [0.05, 0.1) is 5.69 Å². The number of hydrogen-bond acceptors (Lipinski definition) is 4. The zero-order valence-corrected chi connectivity index (χ0v) is 13.2. The van der Waals surface area contributed by atoms with E-state index in [-0.39, 0.29) is 5.60 Å². The highest BCUT2D eigenvalue weighted by molar-refractivity contribution is 5.15. The summed E-state index contributed by atoms with van der Waals surface area (Å²) in [5.41, 5.74) is 7.69. The summed E-state index contributed by atoms with van der Waals surface area (Å²) in [5, 5.41) is 0. The standard InChI is InChI=1S/C16H27N3O/c1-5-20-16(8-6-15(3,4)7-9-16)14-18-12(2)10-13(11-17)19-14/h10H,5-9,11,17H2,1-4H3. The fourth-order valence-corrected chi connectivity index (χ4v) is 2.98. The predicted molar refractivity (Wildman–Crippen MR) is 80.2 cm³/mol. The van der Waals surface area contributed by atoms with E-state index in [9.17, 15) is 0 Å². The van der Waals surface area contributed by atoms with E-state index in [0.29, 0.717) is 18.6 Å². The summed E-state index contributed by atoms with van der Waals surface area (Å²) < 4.78 is 6.14. The predicted octanol–water partition coefficient (Wildman–Crippen LogP) is 3.08. The molecule has 0 saturated heterocycles. The summed E-state index contributed by atoms with van der Waals surface area (Å²) in [6.07, 6.45) is 4.26. The summed E-state index contributed by atoms with van der Waals surface area (Å²) in [6.45, 7) is 9.83. The zero-order chi connectivity index (χ0) is 14.8. The largest absolute Gasteiger partial charge is 0.367 e. The maximum atomic E-state index is 6.14. The van der Waals surface area contributed by atoms with Crippen molar-refractivity contribution in [1.29, 1.82) is 0 Å². The lowest BCUT2D eigenvalue weighted by molar-refractivity contribution is -0.0949. The molecule has 1 aliphatic rings. The van der Waals surface area contributed by atoms with Gasteiger partial charge in [-0.2, -0.15) is 0 Å². The minimum atomic E-state index is -0.319. The van der Waals surface area contributed by atoms with Gasteiger partial charge >= 0.3 is 0 Å². The van der Waals surface area contributed by atoms with Crippen LogP contribution >= 0.6 is 0 Å². The monoisotopic (exact) mass is 277 g/mol. The Labute approximate surface area is 122 Å². The van der Waals surface area contributed by atoms with Gasteiger partial charge in [0.25, 0.3) is 0 Å². The number of ether oxygens (including phenoxy) is 1. The average Bonchev–Trinajstić information content (AvgIpc) is 2.41. The summed E-state index contributed by atoms with van der Waals surface area (Å²) in [4.78, 5) is 9.31. The molecule has 0 bridgehead atoms. The first-order valence-electron chi connectivity index (χ1n) is 7.60. The molecule has 0 atom stereocenters. The van der Waals surface area contributed by atoms with Crippen LogP contribution in [-0.4, -0.2) is 16.6 Å². The Kier molecular flexibility index (Phi) is 4.45. The van der Waals surface area contributed by atoms with Crippen LogP contribution in [0.15, 0.2) is 6.07 Å². The fourth-order valence-electron chi connectivity index (χ4n) is 2.98. The lowest BCUT2D eigenvalue weighted by Gasteiger charge is -2.42. The highest BCUT2D eigenvalue weighted by atomic mass is 16.5. The lowest BCUT2D eigenvalue weighted by Crippen LogP contribution is -2.39. The van der Waals surface area contributed by atoms with Gasteiger partial charge in [-0.3, -0.25) is 0 Å². The second kappa shape index (κ2) is 5.78. The van der Waals surface area contributed by atoms with Crippen LogP contribution in [0.1, 0.15) is 63.7 Å². The molecule has 20 heavy (non-hydrogen) atoms. The van der Waals surface area contributed by atoms with E-state index >= 15 is 0 Å². The van der Waals surface area contributed by atoms with Crippen LogP contribution in [0.25, 0.3) is 0 Å². The molecular formula is C16H27N3O. The Morgan fingerprint density at radius 1 is 1.20 bits per heavy atom. The van der Waals surface area contributed by atoms with E-state index in [1.165, 1.54) is 0 Å². The molecule has 1 heterocycles. The Bertz CT molecular complexity index is 461. The smallest absolute Gasteiger partial charge is 0.160 e. The van der Waals surface area contributed by atoms with Crippen LogP contribution in [0.4, 0.5) is 0 Å². The first kappa shape index (κ1) is 15.4. The molecule has 2 rings (SSSR count). The normalized spacial score (nSPS) is 20.9. The molecule has 4 nitrogen and oxygen atoms in total. The maximum absolute atomic E-state index is 6.14. The van der Waals surface area contributed by atoms with E-state index in [0.717, 1.165) is 42.9 Å². The average molecular weight is 277 g/mol. The zero-order valence-electron chi connectivity index (χ0n) is 13.2. The van der Waals surface area contributed by atoms with Gasteiger partial charge < -0.3 is 10.5 Å². The van der Waals surface area contributed by atoms with Crippen molar-refractivity contribution < 1.29 is 4.74 Å². The molecule has 2 N–H and O–H groups in total. The van der Waals surface area contributed by atoms with Crippen LogP contribution in [0, 0.1) is 12.3 Å². The molecule has 0 unspecified atom stereocenters. The van der Waals surface area contributed by atoms with Crippen molar-refractivity contribution in [3.63, 3.8) is 0 Å². The number of nitrogens with two attached hydrogens (primary N) is 1. The molecule has 0 radical (unpaired) electrons. The van der Waals surface area contributed by atoms with Crippen LogP contribution in [-0.2, 0) is 16.9 Å². The quantitative estimate of drug-likeness (QED) is 0.918. The third-order valence-corrected chi connectivity index (χ3v) is 4.36. The van der Waals surface area contributed by atoms with E-state index < -0.39 is 0 Å². The third-order valence-electron chi connectivity index (χ3n) is 4.36. The molecule has 0 aromatic carbocycles. The van der Waals surface area contributed by atoms with Gasteiger partial charge in [-0.1, -0.05) is 13.8 Å². The summed E-state index contributed by atoms with van der Waals surface area (Å²) in [5.74, 6) is 0.829.